The highest BCUT2D eigenvalue weighted by Gasteiger charge is 2.20. The monoisotopic (exact) mass is 432 g/mol. The van der Waals surface area contributed by atoms with Gasteiger partial charge in [0.25, 0.3) is 10.0 Å². The van der Waals surface area contributed by atoms with Gasteiger partial charge in [0.05, 0.1) is 17.3 Å². The highest BCUT2D eigenvalue weighted by Crippen LogP contribution is 2.27. The number of benzene rings is 2. The van der Waals surface area contributed by atoms with E-state index >= 15 is 0 Å². The van der Waals surface area contributed by atoms with Gasteiger partial charge >= 0.3 is 0 Å². The Balaban J connectivity index is 2.40. The molecule has 0 bridgehead atoms. The normalized spacial score (nSPS) is 11.0. The molecular formula is C13H7Br2FN2O2S. The van der Waals surface area contributed by atoms with Crippen molar-refractivity contribution in [1.82, 2.24) is 0 Å². The summed E-state index contributed by atoms with van der Waals surface area (Å²) in [6.07, 6.45) is 0. The number of sulfonamides is 1. The molecule has 0 radical (unpaired) electrons. The van der Waals surface area contributed by atoms with Gasteiger partial charge in [-0.2, -0.15) is 5.26 Å². The van der Waals surface area contributed by atoms with Gasteiger partial charge in [-0.15, -0.1) is 0 Å². The van der Waals surface area contributed by atoms with Crippen molar-refractivity contribution in [2.75, 3.05) is 4.72 Å². The zero-order valence-electron chi connectivity index (χ0n) is 10.3. The molecule has 0 aliphatic heterocycles. The van der Waals surface area contributed by atoms with Gasteiger partial charge in [-0.25, -0.2) is 12.8 Å². The lowest BCUT2D eigenvalue weighted by Gasteiger charge is -2.10. The standard InChI is InChI=1S/C13H7Br2FN2O2S/c14-9-2-4-13(11(16)6-9)21(19,20)18-12-3-1-8(7-17)5-10(12)15/h1-6,18H. The number of rotatable bonds is 3. The summed E-state index contributed by atoms with van der Waals surface area (Å²) in [7, 11) is -4.06. The summed E-state index contributed by atoms with van der Waals surface area (Å²) in [5.74, 6) is -0.860. The van der Waals surface area contributed by atoms with E-state index in [1.807, 2.05) is 6.07 Å². The fraction of sp³-hybridized carbons (Fsp3) is 0. The number of hydrogen-bond donors (Lipinski definition) is 1. The molecule has 1 N–H and O–H groups in total. The summed E-state index contributed by atoms with van der Waals surface area (Å²) >= 11 is 6.23. The maximum absolute atomic E-state index is 13.8. The number of halogens is 3. The van der Waals surface area contributed by atoms with E-state index in [2.05, 4.69) is 36.6 Å². The van der Waals surface area contributed by atoms with Crippen LogP contribution in [0.4, 0.5) is 10.1 Å². The Morgan fingerprint density at radius 3 is 2.43 bits per heavy atom. The van der Waals surface area contributed by atoms with Crippen LogP contribution in [0.15, 0.2) is 50.2 Å². The van der Waals surface area contributed by atoms with Gasteiger partial charge in [0.15, 0.2) is 0 Å². The summed E-state index contributed by atoms with van der Waals surface area (Å²) < 4.78 is 41.2. The molecule has 0 aromatic heterocycles. The van der Waals surface area contributed by atoms with E-state index in [4.69, 9.17) is 5.26 Å². The zero-order chi connectivity index (χ0) is 15.6. The van der Waals surface area contributed by atoms with Crippen molar-refractivity contribution in [3.05, 3.63) is 56.7 Å². The molecule has 21 heavy (non-hydrogen) atoms. The number of hydrogen-bond acceptors (Lipinski definition) is 3. The highest BCUT2D eigenvalue weighted by atomic mass is 79.9. The second-order valence-corrected chi connectivity index (χ2v) is 7.41. The minimum atomic E-state index is -4.06. The second-order valence-electron chi connectivity index (χ2n) is 3.99. The zero-order valence-corrected chi connectivity index (χ0v) is 14.3. The van der Waals surface area contributed by atoms with E-state index in [0.29, 0.717) is 14.5 Å². The molecule has 108 valence electrons. The van der Waals surface area contributed by atoms with Crippen LogP contribution in [0.5, 0.6) is 0 Å². The number of nitrogens with zero attached hydrogens (tertiary/aromatic N) is 1. The molecule has 0 heterocycles. The van der Waals surface area contributed by atoms with Gasteiger partial charge in [0.2, 0.25) is 0 Å². The number of anilines is 1. The molecule has 0 saturated heterocycles. The van der Waals surface area contributed by atoms with E-state index in [-0.39, 0.29) is 5.69 Å². The van der Waals surface area contributed by atoms with Gasteiger partial charge in [0.1, 0.15) is 10.7 Å². The van der Waals surface area contributed by atoms with Gasteiger partial charge in [-0.3, -0.25) is 4.72 Å². The third-order valence-corrected chi connectivity index (χ3v) is 5.07. The predicted molar refractivity (Wildman–Crippen MR) is 83.8 cm³/mol. The van der Waals surface area contributed by atoms with Crippen LogP contribution >= 0.6 is 31.9 Å². The van der Waals surface area contributed by atoms with Crippen molar-refractivity contribution < 1.29 is 12.8 Å². The molecule has 0 unspecified atom stereocenters. The molecule has 0 atom stereocenters. The smallest absolute Gasteiger partial charge is 0.264 e. The fourth-order valence-electron chi connectivity index (χ4n) is 1.56. The van der Waals surface area contributed by atoms with Gasteiger partial charge < -0.3 is 0 Å². The quantitative estimate of drug-likeness (QED) is 0.794. The third-order valence-electron chi connectivity index (χ3n) is 2.53. The summed E-state index contributed by atoms with van der Waals surface area (Å²) in [5.41, 5.74) is 0.593. The van der Waals surface area contributed by atoms with E-state index < -0.39 is 20.7 Å². The molecule has 8 heteroatoms. The molecule has 2 rings (SSSR count). The third kappa shape index (κ3) is 3.61. The topological polar surface area (TPSA) is 70.0 Å². The largest absolute Gasteiger partial charge is 0.278 e. The van der Waals surface area contributed by atoms with Crippen LogP contribution in [0.25, 0.3) is 0 Å². The van der Waals surface area contributed by atoms with Crippen LogP contribution < -0.4 is 4.72 Å². The molecule has 4 nitrogen and oxygen atoms in total. The van der Waals surface area contributed by atoms with Crippen LogP contribution in [0, 0.1) is 17.1 Å². The lowest BCUT2D eigenvalue weighted by atomic mass is 10.2. The van der Waals surface area contributed by atoms with Crippen molar-refractivity contribution in [3.63, 3.8) is 0 Å². The molecule has 0 aliphatic rings. The van der Waals surface area contributed by atoms with E-state index in [1.165, 1.54) is 30.3 Å². The second kappa shape index (κ2) is 6.13. The summed E-state index contributed by atoms with van der Waals surface area (Å²) in [4.78, 5) is -0.457. The molecule has 0 saturated carbocycles. The molecular weight excluding hydrogens is 427 g/mol. The van der Waals surface area contributed by atoms with E-state index in [9.17, 15) is 12.8 Å². The Hall–Kier alpha value is -1.43. The van der Waals surface area contributed by atoms with Crippen molar-refractivity contribution in [1.29, 1.82) is 5.26 Å². The summed E-state index contributed by atoms with van der Waals surface area (Å²) in [5, 5.41) is 8.76. The SMILES string of the molecule is N#Cc1ccc(NS(=O)(=O)c2ccc(Br)cc2F)c(Br)c1. The predicted octanol–water partition coefficient (Wildman–Crippen LogP) is 4.02. The molecule has 0 amide bonds. The van der Waals surface area contributed by atoms with Crippen LogP contribution in [0.2, 0.25) is 0 Å². The highest BCUT2D eigenvalue weighted by molar-refractivity contribution is 9.10. The summed E-state index contributed by atoms with van der Waals surface area (Å²) in [6.45, 7) is 0. The number of nitrogens with one attached hydrogen (secondary N) is 1. The lowest BCUT2D eigenvalue weighted by Crippen LogP contribution is -2.15. The molecule has 2 aromatic carbocycles. The molecule has 0 aliphatic carbocycles. The lowest BCUT2D eigenvalue weighted by molar-refractivity contribution is 0.570. The molecule has 0 spiro atoms. The van der Waals surface area contributed by atoms with Crippen molar-refractivity contribution in [2.24, 2.45) is 0 Å². The minimum absolute atomic E-state index is 0.219. The van der Waals surface area contributed by atoms with Crippen LogP contribution in [0.1, 0.15) is 5.56 Å². The van der Waals surface area contributed by atoms with Crippen LogP contribution in [-0.4, -0.2) is 8.42 Å². The first kappa shape index (κ1) is 15.9. The Labute approximate surface area is 137 Å². The first-order valence-electron chi connectivity index (χ1n) is 5.51. The van der Waals surface area contributed by atoms with Gasteiger partial charge in [-0.1, -0.05) is 15.9 Å². The fourth-order valence-corrected chi connectivity index (χ4v) is 3.64. The number of nitriles is 1. The van der Waals surface area contributed by atoms with Crippen LogP contribution in [0.3, 0.4) is 0 Å². The van der Waals surface area contributed by atoms with E-state index in [0.717, 1.165) is 6.07 Å². The Morgan fingerprint density at radius 2 is 1.86 bits per heavy atom. The van der Waals surface area contributed by atoms with E-state index in [1.54, 1.807) is 0 Å². The Kier molecular flexibility index (Phi) is 4.66. The average molecular weight is 434 g/mol. The van der Waals surface area contributed by atoms with Crippen molar-refractivity contribution in [3.8, 4) is 6.07 Å². The van der Waals surface area contributed by atoms with Crippen molar-refractivity contribution >= 4 is 47.6 Å². The van der Waals surface area contributed by atoms with Crippen LogP contribution in [-0.2, 0) is 10.0 Å². The molecule has 2 aromatic rings. The molecule has 0 fully saturated rings. The first-order valence-corrected chi connectivity index (χ1v) is 8.58. The maximum Gasteiger partial charge on any atom is 0.264 e. The van der Waals surface area contributed by atoms with Gasteiger partial charge in [-0.05, 0) is 52.3 Å². The Morgan fingerprint density at radius 1 is 1.14 bits per heavy atom. The average Bonchev–Trinajstić information content (AvgIpc) is 2.40. The Bertz CT molecular complexity index is 848. The minimum Gasteiger partial charge on any atom is -0.278 e. The first-order chi connectivity index (χ1) is 9.83. The van der Waals surface area contributed by atoms with Gasteiger partial charge in [0, 0.05) is 8.95 Å². The maximum atomic E-state index is 13.8. The van der Waals surface area contributed by atoms with Crippen molar-refractivity contribution in [2.45, 2.75) is 4.90 Å². The summed E-state index contributed by atoms with van der Waals surface area (Å²) in [6, 6.07) is 9.96.